The Bertz CT molecular complexity index is 1070. The maximum absolute atomic E-state index is 4.81. The Kier molecular flexibility index (Phi) is 7.03. The third kappa shape index (κ3) is 4.31. The maximum Gasteiger partial charge on any atom is 0.0730 e. The number of pyridine rings is 1. The first kappa shape index (κ1) is 22.2. The summed E-state index contributed by atoms with van der Waals surface area (Å²) in [5.41, 5.74) is 5.53. The second-order valence-corrected chi connectivity index (χ2v) is 7.48. The number of anilines is 3. The topological polar surface area (TPSA) is 31.4 Å². The smallest absolute Gasteiger partial charge is 0.0730 e. The zero-order chi connectivity index (χ0) is 18.9. The van der Waals surface area contributed by atoms with Crippen molar-refractivity contribution in [1.82, 2.24) is 9.88 Å². The van der Waals surface area contributed by atoms with Crippen LogP contribution in [0.4, 0.5) is 17.1 Å². The van der Waals surface area contributed by atoms with Crippen molar-refractivity contribution in [2.75, 3.05) is 43.4 Å². The normalized spacial score (nSPS) is 14.2. The minimum Gasteiger partial charge on any atom is -0.369 e. The molecule has 30 heavy (non-hydrogen) atoms. The standard InChI is InChI=1S/C24H24N4.2ClH/c1-27-14-16-28(17-15-27)19-12-10-18(11-13-19)25-24-20-6-2-4-8-22(20)26-23-9-5-3-7-21(23)24;;/h2-13H,14-17H2,1H3,(H,25,26);2*1H. The van der Waals surface area contributed by atoms with Crippen molar-refractivity contribution in [3.8, 4) is 0 Å². The lowest BCUT2D eigenvalue weighted by atomic mass is 10.1. The Morgan fingerprint density at radius 2 is 1.23 bits per heavy atom. The van der Waals surface area contributed by atoms with Gasteiger partial charge in [0.1, 0.15) is 0 Å². The first-order valence-electron chi connectivity index (χ1n) is 9.86. The van der Waals surface area contributed by atoms with Gasteiger partial charge < -0.3 is 15.1 Å². The van der Waals surface area contributed by atoms with Crippen LogP contribution < -0.4 is 10.2 Å². The molecular formula is C24H26Cl2N4. The van der Waals surface area contributed by atoms with E-state index in [1.165, 1.54) is 5.69 Å². The molecule has 156 valence electrons. The molecule has 1 fully saturated rings. The molecule has 1 aliphatic heterocycles. The zero-order valence-electron chi connectivity index (χ0n) is 16.9. The molecule has 1 saturated heterocycles. The van der Waals surface area contributed by atoms with Gasteiger partial charge >= 0.3 is 0 Å². The number of likely N-dealkylation sites (N-methyl/N-ethyl adjacent to an activating group) is 1. The lowest BCUT2D eigenvalue weighted by Crippen LogP contribution is -2.44. The first-order chi connectivity index (χ1) is 13.8. The molecule has 0 saturated carbocycles. The molecule has 0 aliphatic carbocycles. The van der Waals surface area contributed by atoms with Gasteiger partial charge in [0, 0.05) is 48.3 Å². The average Bonchev–Trinajstić information content (AvgIpc) is 2.75. The Morgan fingerprint density at radius 1 is 0.700 bits per heavy atom. The summed E-state index contributed by atoms with van der Waals surface area (Å²) in [7, 11) is 2.19. The van der Waals surface area contributed by atoms with Crippen LogP contribution in [-0.4, -0.2) is 43.1 Å². The molecule has 6 heteroatoms. The van der Waals surface area contributed by atoms with Crippen molar-refractivity contribution in [1.29, 1.82) is 0 Å². The summed E-state index contributed by atoms with van der Waals surface area (Å²) in [6.45, 7) is 4.41. The molecule has 1 N–H and O–H groups in total. The van der Waals surface area contributed by atoms with E-state index in [-0.39, 0.29) is 24.8 Å². The number of rotatable bonds is 3. The van der Waals surface area contributed by atoms with Crippen molar-refractivity contribution in [3.05, 3.63) is 72.8 Å². The number of piperazine rings is 1. The Hall–Kier alpha value is -2.53. The maximum atomic E-state index is 4.81. The second-order valence-electron chi connectivity index (χ2n) is 7.48. The van der Waals surface area contributed by atoms with E-state index in [4.69, 9.17) is 4.98 Å². The second kappa shape index (κ2) is 9.52. The van der Waals surface area contributed by atoms with E-state index < -0.39 is 0 Å². The lowest BCUT2D eigenvalue weighted by molar-refractivity contribution is 0.313. The van der Waals surface area contributed by atoms with Gasteiger partial charge in [-0.1, -0.05) is 36.4 Å². The van der Waals surface area contributed by atoms with Crippen LogP contribution in [-0.2, 0) is 0 Å². The summed E-state index contributed by atoms with van der Waals surface area (Å²) in [5.74, 6) is 0. The van der Waals surface area contributed by atoms with Crippen molar-refractivity contribution in [2.24, 2.45) is 0 Å². The van der Waals surface area contributed by atoms with Gasteiger partial charge in [0.2, 0.25) is 0 Å². The molecule has 1 aromatic heterocycles. The van der Waals surface area contributed by atoms with Gasteiger partial charge in [-0.2, -0.15) is 0 Å². The van der Waals surface area contributed by atoms with E-state index in [0.29, 0.717) is 0 Å². The largest absolute Gasteiger partial charge is 0.369 e. The van der Waals surface area contributed by atoms with Crippen molar-refractivity contribution in [3.63, 3.8) is 0 Å². The van der Waals surface area contributed by atoms with Crippen molar-refractivity contribution >= 4 is 63.7 Å². The predicted octanol–water partition coefficient (Wildman–Crippen LogP) is 5.73. The molecule has 4 aromatic rings. The summed E-state index contributed by atoms with van der Waals surface area (Å²) >= 11 is 0. The monoisotopic (exact) mass is 440 g/mol. The van der Waals surface area contributed by atoms with Gasteiger partial charge in [-0.25, -0.2) is 4.98 Å². The highest BCUT2D eigenvalue weighted by Crippen LogP contribution is 2.33. The molecule has 0 atom stereocenters. The van der Waals surface area contributed by atoms with Crippen LogP contribution in [0.2, 0.25) is 0 Å². The number of halogens is 2. The lowest BCUT2D eigenvalue weighted by Gasteiger charge is -2.34. The molecule has 1 aliphatic rings. The Labute approximate surface area is 189 Å². The quantitative estimate of drug-likeness (QED) is 0.412. The molecule has 2 heterocycles. The van der Waals surface area contributed by atoms with Gasteiger partial charge in [0.15, 0.2) is 0 Å². The van der Waals surface area contributed by atoms with E-state index in [2.05, 4.69) is 82.8 Å². The third-order valence-electron chi connectivity index (χ3n) is 5.59. The zero-order valence-corrected chi connectivity index (χ0v) is 18.5. The summed E-state index contributed by atoms with van der Waals surface area (Å²) < 4.78 is 0. The van der Waals surface area contributed by atoms with Gasteiger partial charge in [-0.3, -0.25) is 0 Å². The molecule has 5 rings (SSSR count). The highest BCUT2D eigenvalue weighted by Gasteiger charge is 2.14. The van der Waals surface area contributed by atoms with E-state index >= 15 is 0 Å². The van der Waals surface area contributed by atoms with Gasteiger partial charge in [-0.15, -0.1) is 24.8 Å². The number of hydrogen-bond donors (Lipinski definition) is 1. The molecule has 3 aromatic carbocycles. The number of hydrogen-bond acceptors (Lipinski definition) is 4. The fourth-order valence-corrected chi connectivity index (χ4v) is 3.94. The highest BCUT2D eigenvalue weighted by molar-refractivity contribution is 6.08. The van der Waals surface area contributed by atoms with Crippen LogP contribution in [0.25, 0.3) is 21.8 Å². The van der Waals surface area contributed by atoms with Gasteiger partial charge in [-0.05, 0) is 43.4 Å². The van der Waals surface area contributed by atoms with Gasteiger partial charge in [0.25, 0.3) is 0 Å². The number of aromatic nitrogens is 1. The van der Waals surface area contributed by atoms with Crippen LogP contribution in [0.5, 0.6) is 0 Å². The highest BCUT2D eigenvalue weighted by atomic mass is 35.5. The average molecular weight is 441 g/mol. The van der Waals surface area contributed by atoms with E-state index in [9.17, 15) is 0 Å². The SMILES string of the molecule is CN1CCN(c2ccc(Nc3c4ccccc4nc4ccccc34)cc2)CC1.Cl.Cl. The van der Waals surface area contributed by atoms with Crippen LogP contribution in [0, 0.1) is 0 Å². The predicted molar refractivity (Wildman–Crippen MR) is 133 cm³/mol. The van der Waals surface area contributed by atoms with E-state index in [1.54, 1.807) is 0 Å². The van der Waals surface area contributed by atoms with Crippen LogP contribution in [0.15, 0.2) is 72.8 Å². The van der Waals surface area contributed by atoms with Crippen molar-refractivity contribution in [2.45, 2.75) is 0 Å². The molecule has 0 unspecified atom stereocenters. The summed E-state index contributed by atoms with van der Waals surface area (Å²) in [5, 5.41) is 5.95. The minimum absolute atomic E-state index is 0. The number of nitrogens with zero attached hydrogens (tertiary/aromatic N) is 3. The van der Waals surface area contributed by atoms with Crippen LogP contribution in [0.1, 0.15) is 0 Å². The Balaban J connectivity index is 0.00000128. The Morgan fingerprint density at radius 3 is 1.80 bits per heavy atom. The van der Waals surface area contributed by atoms with Gasteiger partial charge in [0.05, 0.1) is 16.7 Å². The fourth-order valence-electron chi connectivity index (χ4n) is 3.94. The summed E-state index contributed by atoms with van der Waals surface area (Å²) in [4.78, 5) is 9.65. The fraction of sp³-hybridized carbons (Fsp3) is 0.208. The molecule has 4 nitrogen and oxygen atoms in total. The number of para-hydroxylation sites is 2. The number of fused-ring (bicyclic) bond motifs is 2. The molecular weight excluding hydrogens is 415 g/mol. The van der Waals surface area contributed by atoms with Crippen molar-refractivity contribution < 1.29 is 0 Å². The molecule has 0 spiro atoms. The molecule has 0 amide bonds. The first-order valence-corrected chi connectivity index (χ1v) is 9.86. The van der Waals surface area contributed by atoms with E-state index in [0.717, 1.165) is 59.4 Å². The molecule has 0 radical (unpaired) electrons. The summed E-state index contributed by atoms with van der Waals surface area (Å²) in [6, 6.07) is 25.4. The van der Waals surface area contributed by atoms with Crippen LogP contribution >= 0.6 is 24.8 Å². The number of benzene rings is 3. The van der Waals surface area contributed by atoms with Crippen LogP contribution in [0.3, 0.4) is 0 Å². The minimum atomic E-state index is 0. The number of nitrogens with one attached hydrogen (secondary N) is 1. The third-order valence-corrected chi connectivity index (χ3v) is 5.59. The summed E-state index contributed by atoms with van der Waals surface area (Å²) in [6.07, 6.45) is 0. The molecule has 0 bridgehead atoms. The van der Waals surface area contributed by atoms with E-state index in [1.807, 2.05) is 12.1 Å².